The van der Waals surface area contributed by atoms with E-state index in [1.807, 2.05) is 0 Å². The highest BCUT2D eigenvalue weighted by Gasteiger charge is 2.25. The van der Waals surface area contributed by atoms with E-state index in [4.69, 9.17) is 11.6 Å². The molecule has 0 heterocycles. The van der Waals surface area contributed by atoms with Crippen molar-refractivity contribution in [1.82, 2.24) is 6.15 Å². The Kier molecular flexibility index (Phi) is 23.6. The van der Waals surface area contributed by atoms with Gasteiger partial charge < -0.3 is 11.6 Å². The highest BCUT2D eigenvalue weighted by Crippen LogP contribution is 2.32. The van der Waals surface area contributed by atoms with Gasteiger partial charge in [-0.25, -0.2) is 0 Å². The lowest BCUT2D eigenvalue weighted by Crippen LogP contribution is -2.24. The molecule has 0 radical (unpaired) electrons. The Morgan fingerprint density at radius 1 is 0.625 bits per heavy atom. The van der Waals surface area contributed by atoms with E-state index in [2.05, 4.69) is 27.7 Å². The summed E-state index contributed by atoms with van der Waals surface area (Å²) in [5.41, 5.74) is 0. The molecule has 0 aliphatic heterocycles. The zero-order valence-corrected chi connectivity index (χ0v) is 18.0. The molecular weight excluding hydrogens is 318 g/mol. The van der Waals surface area contributed by atoms with Gasteiger partial charge in [-0.15, -0.1) is 11.6 Å². The first-order chi connectivity index (χ1) is 10.5. The normalized spacial score (nSPS) is 12.4. The van der Waals surface area contributed by atoms with Crippen LogP contribution in [0.3, 0.4) is 0 Å². The molecule has 0 aromatic carbocycles. The molecule has 1 atom stereocenters. The van der Waals surface area contributed by atoms with Crippen molar-refractivity contribution in [2.75, 3.05) is 0 Å². The van der Waals surface area contributed by atoms with Crippen molar-refractivity contribution in [2.45, 2.75) is 129 Å². The fraction of sp³-hybridized carbons (Fsp3) is 1.00. The predicted molar refractivity (Wildman–Crippen MR) is 113 cm³/mol. The molecule has 0 aliphatic rings. The molecule has 5 N–H and O–H groups in total. The SMILES string of the molecule is CCCCCCCCCCCCCCC(CCC)C(C)(C)Cl.N.O. The van der Waals surface area contributed by atoms with Gasteiger partial charge in [0.25, 0.3) is 0 Å². The van der Waals surface area contributed by atoms with Crippen molar-refractivity contribution in [3.8, 4) is 0 Å². The second-order valence-electron chi connectivity index (χ2n) is 7.73. The molecule has 1 unspecified atom stereocenters. The fourth-order valence-corrected chi connectivity index (χ4v) is 3.63. The molecule has 0 aliphatic carbocycles. The van der Waals surface area contributed by atoms with Crippen molar-refractivity contribution in [3.63, 3.8) is 0 Å². The molecule has 0 saturated carbocycles. The van der Waals surface area contributed by atoms with E-state index in [0.29, 0.717) is 5.92 Å². The number of halogens is 1. The van der Waals surface area contributed by atoms with Crippen LogP contribution >= 0.6 is 11.6 Å². The van der Waals surface area contributed by atoms with E-state index < -0.39 is 0 Å². The van der Waals surface area contributed by atoms with Crippen molar-refractivity contribution >= 4 is 11.6 Å². The third-order valence-corrected chi connectivity index (χ3v) is 5.32. The van der Waals surface area contributed by atoms with Gasteiger partial charge in [-0.3, -0.25) is 0 Å². The summed E-state index contributed by atoms with van der Waals surface area (Å²) in [5, 5.41) is 0. The largest absolute Gasteiger partial charge is 0.412 e. The Morgan fingerprint density at radius 2 is 1.00 bits per heavy atom. The molecular formula is C21H48ClNO. The molecule has 0 amide bonds. The molecule has 0 aromatic heterocycles. The van der Waals surface area contributed by atoms with Gasteiger partial charge in [0.05, 0.1) is 0 Å². The summed E-state index contributed by atoms with van der Waals surface area (Å²) in [7, 11) is 0. The van der Waals surface area contributed by atoms with E-state index in [1.54, 1.807) is 0 Å². The maximum atomic E-state index is 6.52. The zero-order chi connectivity index (χ0) is 16.7. The average Bonchev–Trinajstić information content (AvgIpc) is 2.46. The number of rotatable bonds is 16. The molecule has 3 heteroatoms. The summed E-state index contributed by atoms with van der Waals surface area (Å²) in [4.78, 5) is -0.0201. The zero-order valence-electron chi connectivity index (χ0n) is 17.3. The van der Waals surface area contributed by atoms with Crippen LogP contribution in [0.15, 0.2) is 0 Å². The molecule has 0 rings (SSSR count). The summed E-state index contributed by atoms with van der Waals surface area (Å²) in [6, 6.07) is 0. The summed E-state index contributed by atoms with van der Waals surface area (Å²) < 4.78 is 0. The molecule has 0 saturated heterocycles. The molecule has 0 fully saturated rings. The Balaban J connectivity index is -0.00000220. The molecule has 24 heavy (non-hydrogen) atoms. The Bertz CT molecular complexity index is 228. The second-order valence-corrected chi connectivity index (χ2v) is 8.70. The molecule has 150 valence electrons. The van der Waals surface area contributed by atoms with Crippen LogP contribution in [0.4, 0.5) is 0 Å². The van der Waals surface area contributed by atoms with E-state index in [-0.39, 0.29) is 16.5 Å². The van der Waals surface area contributed by atoms with E-state index in [0.717, 1.165) is 0 Å². The van der Waals surface area contributed by atoms with Crippen LogP contribution in [-0.2, 0) is 0 Å². The first kappa shape index (κ1) is 29.0. The quantitative estimate of drug-likeness (QED) is 0.219. The third kappa shape index (κ3) is 18.5. The summed E-state index contributed by atoms with van der Waals surface area (Å²) in [6.07, 6.45) is 21.1. The van der Waals surface area contributed by atoms with Crippen LogP contribution in [0.1, 0.15) is 124 Å². The smallest absolute Gasteiger partial charge is 0.0418 e. The van der Waals surface area contributed by atoms with Crippen LogP contribution < -0.4 is 6.15 Å². The number of hydrogen-bond acceptors (Lipinski definition) is 1. The maximum absolute atomic E-state index is 6.52. The standard InChI is InChI=1S/C21H43Cl.H3N.H2O/c1-5-7-8-9-10-11-12-13-14-15-16-17-19-20(18-6-2)21(3,4)22;;/h20H,5-19H2,1-4H3;1H3;1H2. The maximum Gasteiger partial charge on any atom is 0.0418 e. The van der Waals surface area contributed by atoms with E-state index in [1.165, 1.54) is 96.3 Å². The summed E-state index contributed by atoms with van der Waals surface area (Å²) >= 11 is 6.52. The van der Waals surface area contributed by atoms with E-state index >= 15 is 0 Å². The topological polar surface area (TPSA) is 66.5 Å². The van der Waals surface area contributed by atoms with Gasteiger partial charge in [-0.05, 0) is 32.6 Å². The molecule has 0 aromatic rings. The van der Waals surface area contributed by atoms with Crippen molar-refractivity contribution < 1.29 is 5.48 Å². The lowest BCUT2D eigenvalue weighted by molar-refractivity contribution is 0.344. The van der Waals surface area contributed by atoms with Crippen molar-refractivity contribution in [2.24, 2.45) is 5.92 Å². The Hall–Kier alpha value is 0.210. The minimum absolute atomic E-state index is 0. The van der Waals surface area contributed by atoms with Gasteiger partial charge in [-0.2, -0.15) is 0 Å². The lowest BCUT2D eigenvalue weighted by atomic mass is 9.86. The fourth-order valence-electron chi connectivity index (χ4n) is 3.41. The number of unbranched alkanes of at least 4 members (excludes halogenated alkanes) is 11. The average molecular weight is 366 g/mol. The Labute approximate surface area is 158 Å². The van der Waals surface area contributed by atoms with Gasteiger partial charge in [0.2, 0.25) is 0 Å². The van der Waals surface area contributed by atoms with Gasteiger partial charge in [0.1, 0.15) is 0 Å². The molecule has 0 spiro atoms. The summed E-state index contributed by atoms with van der Waals surface area (Å²) in [6.45, 7) is 8.95. The number of alkyl halides is 1. The number of hydrogen-bond donors (Lipinski definition) is 1. The minimum atomic E-state index is -0.0201. The van der Waals surface area contributed by atoms with Crippen molar-refractivity contribution in [1.29, 1.82) is 0 Å². The van der Waals surface area contributed by atoms with Gasteiger partial charge >= 0.3 is 0 Å². The highest BCUT2D eigenvalue weighted by atomic mass is 35.5. The molecule has 2 nitrogen and oxygen atoms in total. The first-order valence-corrected chi connectivity index (χ1v) is 10.6. The van der Waals surface area contributed by atoms with Crippen LogP contribution in [0.5, 0.6) is 0 Å². The third-order valence-electron chi connectivity index (χ3n) is 5.01. The van der Waals surface area contributed by atoms with Gasteiger partial charge in [-0.1, -0.05) is 97.3 Å². The van der Waals surface area contributed by atoms with Gasteiger partial charge in [0, 0.05) is 4.87 Å². The monoisotopic (exact) mass is 365 g/mol. The minimum Gasteiger partial charge on any atom is -0.412 e. The van der Waals surface area contributed by atoms with Crippen LogP contribution in [-0.4, -0.2) is 10.4 Å². The Morgan fingerprint density at radius 3 is 1.33 bits per heavy atom. The van der Waals surface area contributed by atoms with Gasteiger partial charge in [0.15, 0.2) is 0 Å². The molecule has 0 bridgehead atoms. The van der Waals surface area contributed by atoms with Crippen molar-refractivity contribution in [3.05, 3.63) is 0 Å². The predicted octanol–water partition coefficient (Wildman–Crippen LogP) is 7.85. The van der Waals surface area contributed by atoms with Crippen LogP contribution in [0.2, 0.25) is 0 Å². The first-order valence-electron chi connectivity index (χ1n) is 10.2. The summed E-state index contributed by atoms with van der Waals surface area (Å²) in [5.74, 6) is 0.697. The van der Waals surface area contributed by atoms with Crippen LogP contribution in [0, 0.1) is 5.92 Å². The van der Waals surface area contributed by atoms with Crippen LogP contribution in [0.25, 0.3) is 0 Å². The highest BCUT2D eigenvalue weighted by molar-refractivity contribution is 6.23. The van der Waals surface area contributed by atoms with E-state index in [9.17, 15) is 0 Å². The second kappa shape index (κ2) is 19.5. The lowest BCUT2D eigenvalue weighted by Gasteiger charge is -2.28.